The molecule has 3 rings (SSSR count). The predicted octanol–water partition coefficient (Wildman–Crippen LogP) is 7.04. The summed E-state index contributed by atoms with van der Waals surface area (Å²) in [6, 6.07) is 17.9. The van der Waals surface area contributed by atoms with Crippen molar-refractivity contribution in [3.8, 4) is 28.0 Å². The highest BCUT2D eigenvalue weighted by atomic mass is 19.2. The van der Waals surface area contributed by atoms with Gasteiger partial charge in [-0.05, 0) is 41.7 Å². The SMILES string of the molecule is CCCCCc1ccc(-c2ccc(-c3ccc(OC)cc3)c(F)c2F)cc1. The van der Waals surface area contributed by atoms with Crippen LogP contribution in [-0.4, -0.2) is 7.11 Å². The number of unbranched alkanes of at least 4 members (excludes halogenated alkanes) is 2. The minimum atomic E-state index is -0.829. The van der Waals surface area contributed by atoms with Crippen molar-refractivity contribution in [1.82, 2.24) is 0 Å². The lowest BCUT2D eigenvalue weighted by molar-refractivity contribution is 0.415. The van der Waals surface area contributed by atoms with E-state index in [1.54, 1.807) is 43.5 Å². The van der Waals surface area contributed by atoms with Crippen LogP contribution in [0.1, 0.15) is 31.7 Å². The maximum atomic E-state index is 14.7. The van der Waals surface area contributed by atoms with E-state index >= 15 is 0 Å². The molecule has 0 spiro atoms. The highest BCUT2D eigenvalue weighted by molar-refractivity contribution is 5.72. The Balaban J connectivity index is 1.86. The summed E-state index contributed by atoms with van der Waals surface area (Å²) in [6.45, 7) is 2.18. The number of benzene rings is 3. The van der Waals surface area contributed by atoms with Gasteiger partial charge in [-0.3, -0.25) is 0 Å². The van der Waals surface area contributed by atoms with Gasteiger partial charge in [-0.2, -0.15) is 0 Å². The molecule has 3 aromatic carbocycles. The van der Waals surface area contributed by atoms with Crippen LogP contribution < -0.4 is 4.74 Å². The summed E-state index contributed by atoms with van der Waals surface area (Å²) in [5.74, 6) is -0.970. The van der Waals surface area contributed by atoms with E-state index in [1.807, 2.05) is 24.3 Å². The predicted molar refractivity (Wildman–Crippen MR) is 107 cm³/mol. The highest BCUT2D eigenvalue weighted by Gasteiger charge is 2.16. The summed E-state index contributed by atoms with van der Waals surface area (Å²) in [7, 11) is 1.57. The van der Waals surface area contributed by atoms with Crippen LogP contribution >= 0.6 is 0 Å². The smallest absolute Gasteiger partial charge is 0.167 e. The Bertz CT molecular complexity index is 884. The normalized spacial score (nSPS) is 10.8. The second-order valence-corrected chi connectivity index (χ2v) is 6.67. The first kappa shape index (κ1) is 19.1. The molecule has 0 saturated heterocycles. The Labute approximate surface area is 159 Å². The van der Waals surface area contributed by atoms with Crippen LogP contribution in [0.5, 0.6) is 5.75 Å². The van der Waals surface area contributed by atoms with Gasteiger partial charge in [0.15, 0.2) is 11.6 Å². The Kier molecular flexibility index (Phi) is 6.23. The van der Waals surface area contributed by atoms with Crippen molar-refractivity contribution in [2.75, 3.05) is 7.11 Å². The van der Waals surface area contributed by atoms with E-state index in [9.17, 15) is 8.78 Å². The van der Waals surface area contributed by atoms with Crippen LogP contribution in [0.3, 0.4) is 0 Å². The number of hydrogen-bond donors (Lipinski definition) is 0. The van der Waals surface area contributed by atoms with Crippen molar-refractivity contribution in [1.29, 1.82) is 0 Å². The lowest BCUT2D eigenvalue weighted by Gasteiger charge is -2.10. The van der Waals surface area contributed by atoms with E-state index in [4.69, 9.17) is 4.74 Å². The van der Waals surface area contributed by atoms with E-state index in [1.165, 1.54) is 18.4 Å². The van der Waals surface area contributed by atoms with Crippen molar-refractivity contribution >= 4 is 0 Å². The molecular formula is C24H24F2O. The number of ether oxygens (including phenoxy) is 1. The molecule has 0 bridgehead atoms. The molecule has 0 fully saturated rings. The van der Waals surface area contributed by atoms with Crippen LogP contribution in [0.15, 0.2) is 60.7 Å². The second kappa shape index (κ2) is 8.81. The van der Waals surface area contributed by atoms with Gasteiger partial charge in [-0.15, -0.1) is 0 Å². The van der Waals surface area contributed by atoms with Gasteiger partial charge >= 0.3 is 0 Å². The van der Waals surface area contributed by atoms with E-state index in [2.05, 4.69) is 6.92 Å². The maximum absolute atomic E-state index is 14.7. The van der Waals surface area contributed by atoms with Gasteiger partial charge in [0.25, 0.3) is 0 Å². The summed E-state index contributed by atoms with van der Waals surface area (Å²) >= 11 is 0. The summed E-state index contributed by atoms with van der Waals surface area (Å²) < 4.78 is 34.5. The molecular weight excluding hydrogens is 342 g/mol. The average molecular weight is 366 g/mol. The third kappa shape index (κ3) is 4.36. The monoisotopic (exact) mass is 366 g/mol. The van der Waals surface area contributed by atoms with Crippen molar-refractivity contribution in [3.63, 3.8) is 0 Å². The molecule has 0 aliphatic heterocycles. The fourth-order valence-electron chi connectivity index (χ4n) is 3.20. The summed E-state index contributed by atoms with van der Waals surface area (Å²) in [5.41, 5.74) is 3.06. The number of methoxy groups -OCH3 is 1. The number of aryl methyl sites for hydroxylation is 1. The summed E-state index contributed by atoms with van der Waals surface area (Å²) in [4.78, 5) is 0. The van der Waals surface area contributed by atoms with Crippen LogP contribution in [0.4, 0.5) is 8.78 Å². The second-order valence-electron chi connectivity index (χ2n) is 6.67. The first-order valence-electron chi connectivity index (χ1n) is 9.35. The van der Waals surface area contributed by atoms with Crippen molar-refractivity contribution in [3.05, 3.63) is 77.9 Å². The zero-order valence-electron chi connectivity index (χ0n) is 15.8. The molecule has 0 amide bonds. The third-order valence-electron chi connectivity index (χ3n) is 4.82. The van der Waals surface area contributed by atoms with Crippen LogP contribution in [0.25, 0.3) is 22.3 Å². The standard InChI is InChI=1S/C24H24F2O/c1-3-4-5-6-17-7-9-18(10-8-17)21-15-16-22(24(26)23(21)25)19-11-13-20(27-2)14-12-19/h7-16H,3-6H2,1-2H3. The molecule has 0 aliphatic carbocycles. The third-order valence-corrected chi connectivity index (χ3v) is 4.82. The molecule has 0 heterocycles. The molecule has 27 heavy (non-hydrogen) atoms. The minimum absolute atomic E-state index is 0.245. The fraction of sp³-hybridized carbons (Fsp3) is 0.250. The first-order chi connectivity index (χ1) is 13.1. The van der Waals surface area contributed by atoms with E-state index in [-0.39, 0.29) is 11.1 Å². The summed E-state index contributed by atoms with van der Waals surface area (Å²) in [6.07, 6.45) is 4.55. The molecule has 3 aromatic rings. The number of rotatable bonds is 7. The largest absolute Gasteiger partial charge is 0.497 e. The first-order valence-corrected chi connectivity index (χ1v) is 9.35. The van der Waals surface area contributed by atoms with Gasteiger partial charge in [-0.1, -0.05) is 68.3 Å². The number of hydrogen-bond acceptors (Lipinski definition) is 1. The average Bonchev–Trinajstić information content (AvgIpc) is 2.71. The minimum Gasteiger partial charge on any atom is -0.497 e. The van der Waals surface area contributed by atoms with Crippen molar-refractivity contribution in [2.45, 2.75) is 32.6 Å². The van der Waals surface area contributed by atoms with Crippen molar-refractivity contribution < 1.29 is 13.5 Å². The van der Waals surface area contributed by atoms with Crippen LogP contribution in [-0.2, 0) is 6.42 Å². The molecule has 1 nitrogen and oxygen atoms in total. The Morgan fingerprint density at radius 1 is 0.704 bits per heavy atom. The molecule has 0 atom stereocenters. The summed E-state index contributed by atoms with van der Waals surface area (Å²) in [5, 5.41) is 0. The van der Waals surface area contributed by atoms with Gasteiger partial charge in [0, 0.05) is 11.1 Å². The fourth-order valence-corrected chi connectivity index (χ4v) is 3.20. The van der Waals surface area contributed by atoms with E-state index in [0.717, 1.165) is 12.8 Å². The Morgan fingerprint density at radius 3 is 1.70 bits per heavy atom. The molecule has 0 aromatic heterocycles. The van der Waals surface area contributed by atoms with Gasteiger partial charge < -0.3 is 4.74 Å². The zero-order valence-corrected chi connectivity index (χ0v) is 15.8. The highest BCUT2D eigenvalue weighted by Crippen LogP contribution is 2.32. The lowest BCUT2D eigenvalue weighted by Crippen LogP contribution is -1.94. The van der Waals surface area contributed by atoms with Gasteiger partial charge in [-0.25, -0.2) is 8.78 Å². The number of halogens is 2. The van der Waals surface area contributed by atoms with Gasteiger partial charge in [0.05, 0.1) is 7.11 Å². The topological polar surface area (TPSA) is 9.23 Å². The van der Waals surface area contributed by atoms with Crippen LogP contribution in [0, 0.1) is 11.6 Å². The van der Waals surface area contributed by atoms with Gasteiger partial charge in [0.2, 0.25) is 0 Å². The van der Waals surface area contributed by atoms with Crippen molar-refractivity contribution in [2.24, 2.45) is 0 Å². The Hall–Kier alpha value is -2.68. The van der Waals surface area contributed by atoms with Gasteiger partial charge in [0.1, 0.15) is 5.75 Å². The molecule has 3 heteroatoms. The molecule has 0 aliphatic rings. The maximum Gasteiger partial charge on any atom is 0.167 e. The quantitative estimate of drug-likeness (QED) is 0.407. The van der Waals surface area contributed by atoms with E-state index < -0.39 is 11.6 Å². The van der Waals surface area contributed by atoms with Crippen LogP contribution in [0.2, 0.25) is 0 Å². The Morgan fingerprint density at radius 2 is 1.22 bits per heavy atom. The molecule has 140 valence electrons. The molecule has 0 saturated carbocycles. The lowest BCUT2D eigenvalue weighted by atomic mass is 9.97. The molecule has 0 radical (unpaired) electrons. The van der Waals surface area contributed by atoms with E-state index in [0.29, 0.717) is 16.9 Å². The molecule has 0 unspecified atom stereocenters. The molecule has 0 N–H and O–H groups in total. The zero-order chi connectivity index (χ0) is 19.2.